The Morgan fingerprint density at radius 2 is 1.57 bits per heavy atom. The van der Waals surface area contributed by atoms with Crippen LogP contribution < -0.4 is 5.73 Å². The maximum Gasteiger partial charge on any atom is 0.410 e. The fourth-order valence-electron chi connectivity index (χ4n) is 2.91. The van der Waals surface area contributed by atoms with Gasteiger partial charge in [-0.25, -0.2) is 9.59 Å². The molecule has 2 aromatic carbocycles. The van der Waals surface area contributed by atoms with Crippen LogP contribution >= 0.6 is 0 Å². The minimum atomic E-state index is -1.45. The van der Waals surface area contributed by atoms with Gasteiger partial charge in [-0.15, -0.1) is 0 Å². The molecule has 3 N–H and O–H groups in total. The van der Waals surface area contributed by atoms with Gasteiger partial charge in [0.1, 0.15) is 12.6 Å². The molecule has 0 aliphatic carbocycles. The highest BCUT2D eigenvalue weighted by Gasteiger charge is 2.41. The van der Waals surface area contributed by atoms with E-state index in [1.807, 2.05) is 6.07 Å². The first-order valence-corrected chi connectivity index (χ1v) is 8.83. The highest BCUT2D eigenvalue weighted by molar-refractivity contribution is 5.96. The quantitative estimate of drug-likeness (QED) is 0.723. The molecule has 7 heteroatoms. The van der Waals surface area contributed by atoms with Crippen molar-refractivity contribution in [2.75, 3.05) is 7.05 Å². The van der Waals surface area contributed by atoms with Crippen LogP contribution in [0, 0.1) is 0 Å². The molecule has 1 amide bonds. The summed E-state index contributed by atoms with van der Waals surface area (Å²) in [5, 5.41) is 9.80. The van der Waals surface area contributed by atoms with Gasteiger partial charge < -0.3 is 15.6 Å². The van der Waals surface area contributed by atoms with Crippen molar-refractivity contribution in [3.05, 3.63) is 71.8 Å². The number of nitrogens with zero attached hydrogens (tertiary/aromatic N) is 1. The highest BCUT2D eigenvalue weighted by Crippen LogP contribution is 2.26. The van der Waals surface area contributed by atoms with E-state index in [1.165, 1.54) is 14.0 Å². The zero-order chi connectivity index (χ0) is 20.7. The van der Waals surface area contributed by atoms with E-state index >= 15 is 0 Å². The van der Waals surface area contributed by atoms with Crippen LogP contribution in [0.4, 0.5) is 4.79 Å². The highest BCUT2D eigenvalue weighted by atomic mass is 16.6. The van der Waals surface area contributed by atoms with Gasteiger partial charge in [-0.3, -0.25) is 9.69 Å². The van der Waals surface area contributed by atoms with Crippen molar-refractivity contribution in [3.63, 3.8) is 0 Å². The summed E-state index contributed by atoms with van der Waals surface area (Å²) in [7, 11) is 1.30. The normalized spacial score (nSPS) is 13.8. The molecule has 0 heterocycles. The number of likely N-dealkylation sites (N-methyl/N-ethyl adjacent to an activating group) is 1. The molecular formula is C21H24N2O5. The third-order valence-corrected chi connectivity index (χ3v) is 4.39. The van der Waals surface area contributed by atoms with Crippen molar-refractivity contribution < 1.29 is 24.2 Å². The zero-order valence-corrected chi connectivity index (χ0v) is 15.8. The number of hydrogen-bond donors (Lipinski definition) is 2. The number of benzene rings is 2. The standard InChI is InChI=1S/C21H24N2O5/c1-14(22)19(24)17(16-11-7-4-8-12-16)18(20(25)26)23(2)21(27)28-13-15-9-5-3-6-10-15/h3-12,14,17-18H,13,22H2,1-2H3,(H,25,26). The van der Waals surface area contributed by atoms with Gasteiger partial charge in [-0.2, -0.15) is 0 Å². The first kappa shape index (κ1) is 21.1. The van der Waals surface area contributed by atoms with Crippen LogP contribution in [0.15, 0.2) is 60.7 Å². The van der Waals surface area contributed by atoms with E-state index in [0.29, 0.717) is 5.56 Å². The number of carbonyl (C=O) groups is 3. The summed E-state index contributed by atoms with van der Waals surface area (Å²) in [6, 6.07) is 15.1. The van der Waals surface area contributed by atoms with Crippen molar-refractivity contribution >= 4 is 17.8 Å². The number of ether oxygens (including phenoxy) is 1. The van der Waals surface area contributed by atoms with Gasteiger partial charge >= 0.3 is 12.1 Å². The molecule has 0 aromatic heterocycles. The Hall–Kier alpha value is -3.19. The maximum atomic E-state index is 12.7. The zero-order valence-electron chi connectivity index (χ0n) is 15.8. The number of carbonyl (C=O) groups excluding carboxylic acids is 2. The third kappa shape index (κ3) is 5.17. The molecule has 0 fully saturated rings. The molecule has 0 saturated heterocycles. The molecule has 7 nitrogen and oxygen atoms in total. The molecule has 0 radical (unpaired) electrons. The first-order valence-electron chi connectivity index (χ1n) is 8.83. The summed E-state index contributed by atoms with van der Waals surface area (Å²) in [4.78, 5) is 38.2. The lowest BCUT2D eigenvalue weighted by Crippen LogP contribution is -2.50. The molecule has 2 aromatic rings. The van der Waals surface area contributed by atoms with Crippen LogP contribution in [-0.2, 0) is 20.9 Å². The van der Waals surface area contributed by atoms with E-state index in [9.17, 15) is 19.5 Å². The van der Waals surface area contributed by atoms with Crippen LogP contribution in [0.3, 0.4) is 0 Å². The van der Waals surface area contributed by atoms with E-state index in [4.69, 9.17) is 10.5 Å². The largest absolute Gasteiger partial charge is 0.480 e. The second kappa shape index (κ2) is 9.66. The molecule has 2 rings (SSSR count). The summed E-state index contributed by atoms with van der Waals surface area (Å²) in [5.74, 6) is -2.91. The lowest BCUT2D eigenvalue weighted by molar-refractivity contribution is -0.145. The Labute approximate surface area is 163 Å². The number of Topliss-reactive ketones (excluding diaryl/α,β-unsaturated/α-hetero) is 1. The summed E-state index contributed by atoms with van der Waals surface area (Å²) < 4.78 is 5.23. The molecule has 0 saturated carbocycles. The lowest BCUT2D eigenvalue weighted by atomic mass is 9.84. The minimum absolute atomic E-state index is 0.00636. The predicted octanol–water partition coefficient (Wildman–Crippen LogP) is 2.41. The molecule has 0 aliphatic rings. The van der Waals surface area contributed by atoms with Gasteiger partial charge in [-0.1, -0.05) is 60.7 Å². The summed E-state index contributed by atoms with van der Waals surface area (Å²) in [6.07, 6.45) is -0.838. The van der Waals surface area contributed by atoms with Gasteiger partial charge in [0.2, 0.25) is 0 Å². The van der Waals surface area contributed by atoms with Crippen molar-refractivity contribution in [1.82, 2.24) is 4.90 Å². The Morgan fingerprint density at radius 3 is 2.07 bits per heavy atom. The molecular weight excluding hydrogens is 360 g/mol. The number of hydrogen-bond acceptors (Lipinski definition) is 5. The SMILES string of the molecule is CC(N)C(=O)C(c1ccccc1)C(C(=O)O)N(C)C(=O)OCc1ccccc1. The summed E-state index contributed by atoms with van der Waals surface area (Å²) >= 11 is 0. The number of rotatable bonds is 8. The minimum Gasteiger partial charge on any atom is -0.480 e. The van der Waals surface area contributed by atoms with Crippen molar-refractivity contribution in [1.29, 1.82) is 0 Å². The van der Waals surface area contributed by atoms with E-state index in [1.54, 1.807) is 54.6 Å². The number of carboxylic acids is 1. The van der Waals surface area contributed by atoms with Crippen LogP contribution in [0.25, 0.3) is 0 Å². The van der Waals surface area contributed by atoms with Gasteiger partial charge in [0, 0.05) is 7.05 Å². The Morgan fingerprint density at radius 1 is 1.04 bits per heavy atom. The van der Waals surface area contributed by atoms with E-state index < -0.39 is 35.8 Å². The number of carboxylic acid groups (broad SMARTS) is 1. The predicted molar refractivity (Wildman–Crippen MR) is 104 cm³/mol. The van der Waals surface area contributed by atoms with Gasteiger partial charge in [0.25, 0.3) is 0 Å². The first-order chi connectivity index (χ1) is 13.3. The average Bonchev–Trinajstić information content (AvgIpc) is 2.70. The second-order valence-corrected chi connectivity index (χ2v) is 6.51. The molecule has 0 aliphatic heterocycles. The third-order valence-electron chi connectivity index (χ3n) is 4.39. The lowest BCUT2D eigenvalue weighted by Gasteiger charge is -2.31. The number of ketones is 1. The van der Waals surface area contributed by atoms with Crippen LogP contribution in [-0.4, -0.2) is 47.0 Å². The molecule has 148 valence electrons. The topological polar surface area (TPSA) is 110 Å². The van der Waals surface area contributed by atoms with E-state index in [0.717, 1.165) is 10.5 Å². The second-order valence-electron chi connectivity index (χ2n) is 6.51. The van der Waals surface area contributed by atoms with E-state index in [2.05, 4.69) is 0 Å². The Bertz CT molecular complexity index is 808. The molecule has 28 heavy (non-hydrogen) atoms. The molecule has 0 bridgehead atoms. The Kier molecular flexibility index (Phi) is 7.28. The number of nitrogens with two attached hydrogens (primary N) is 1. The summed E-state index contributed by atoms with van der Waals surface area (Å²) in [6.45, 7) is 1.48. The van der Waals surface area contributed by atoms with Crippen molar-refractivity contribution in [2.45, 2.75) is 31.5 Å². The smallest absolute Gasteiger partial charge is 0.410 e. The Balaban J connectivity index is 2.27. The van der Waals surface area contributed by atoms with Crippen LogP contribution in [0.1, 0.15) is 24.0 Å². The van der Waals surface area contributed by atoms with Gasteiger partial charge in [0.15, 0.2) is 5.78 Å². The number of amides is 1. The summed E-state index contributed by atoms with van der Waals surface area (Å²) in [5.41, 5.74) is 6.98. The molecule has 3 unspecified atom stereocenters. The fraction of sp³-hybridized carbons (Fsp3) is 0.286. The maximum absolute atomic E-state index is 12.7. The average molecular weight is 384 g/mol. The van der Waals surface area contributed by atoms with E-state index in [-0.39, 0.29) is 6.61 Å². The monoisotopic (exact) mass is 384 g/mol. The van der Waals surface area contributed by atoms with Crippen LogP contribution in [0.2, 0.25) is 0 Å². The fourth-order valence-corrected chi connectivity index (χ4v) is 2.91. The van der Waals surface area contributed by atoms with Gasteiger partial charge in [0.05, 0.1) is 12.0 Å². The van der Waals surface area contributed by atoms with Gasteiger partial charge in [-0.05, 0) is 18.1 Å². The molecule has 0 spiro atoms. The van der Waals surface area contributed by atoms with Crippen molar-refractivity contribution in [2.24, 2.45) is 5.73 Å². The molecule has 3 atom stereocenters. The van der Waals surface area contributed by atoms with Crippen molar-refractivity contribution in [3.8, 4) is 0 Å². The number of aliphatic carboxylic acids is 1. The van der Waals surface area contributed by atoms with Crippen LogP contribution in [0.5, 0.6) is 0 Å².